The number of aromatic nitrogens is 2. The summed E-state index contributed by atoms with van der Waals surface area (Å²) in [4.78, 5) is 30.2. The highest BCUT2D eigenvalue weighted by molar-refractivity contribution is 5.57. The van der Waals surface area contributed by atoms with Crippen molar-refractivity contribution in [3.63, 3.8) is 0 Å². The van der Waals surface area contributed by atoms with Gasteiger partial charge in [-0.25, -0.2) is 4.98 Å². The molecule has 2 aromatic rings. The van der Waals surface area contributed by atoms with Gasteiger partial charge >= 0.3 is 11.2 Å². The number of rotatable bonds is 4. The molecule has 7 nitrogen and oxygen atoms in total. The van der Waals surface area contributed by atoms with E-state index in [1.54, 1.807) is 6.92 Å². The van der Waals surface area contributed by atoms with Crippen LogP contribution in [0.15, 0.2) is 29.1 Å². The maximum Gasteiger partial charge on any atom is 0.376 e. The predicted molar refractivity (Wildman–Crippen MR) is 101 cm³/mol. The van der Waals surface area contributed by atoms with E-state index in [-0.39, 0.29) is 11.7 Å². The van der Waals surface area contributed by atoms with E-state index in [1.807, 2.05) is 30.9 Å². The molecule has 0 bridgehead atoms. The Kier molecular flexibility index (Phi) is 5.06. The van der Waals surface area contributed by atoms with E-state index >= 15 is 0 Å². The summed E-state index contributed by atoms with van der Waals surface area (Å²) in [7, 11) is 0. The molecule has 1 aliphatic heterocycles. The summed E-state index contributed by atoms with van der Waals surface area (Å²) in [5.74, 6) is 0.919. The summed E-state index contributed by atoms with van der Waals surface area (Å²) < 4.78 is 1.42. The van der Waals surface area contributed by atoms with E-state index in [2.05, 4.69) is 17.1 Å². The topological polar surface area (TPSA) is 81.3 Å². The Bertz CT molecular complexity index is 862. The van der Waals surface area contributed by atoms with Crippen molar-refractivity contribution in [2.75, 3.05) is 18.0 Å². The van der Waals surface area contributed by atoms with E-state index in [9.17, 15) is 14.9 Å². The average Bonchev–Trinajstić information content (AvgIpc) is 2.80. The molecule has 0 saturated carbocycles. The third-order valence-electron chi connectivity index (χ3n) is 4.77. The van der Waals surface area contributed by atoms with Crippen LogP contribution in [-0.2, 0) is 19.4 Å². The second-order valence-corrected chi connectivity index (χ2v) is 7.15. The van der Waals surface area contributed by atoms with Crippen molar-refractivity contribution in [2.24, 2.45) is 5.92 Å². The maximum atomic E-state index is 12.8. The van der Waals surface area contributed by atoms with E-state index in [0.29, 0.717) is 25.5 Å². The van der Waals surface area contributed by atoms with Crippen LogP contribution in [0.2, 0.25) is 0 Å². The highest BCUT2D eigenvalue weighted by atomic mass is 16.6. The number of hydrogen-bond acceptors (Lipinski definition) is 5. The van der Waals surface area contributed by atoms with Crippen molar-refractivity contribution < 1.29 is 4.92 Å². The first-order chi connectivity index (χ1) is 12.4. The van der Waals surface area contributed by atoms with Gasteiger partial charge in [-0.2, -0.15) is 0 Å². The lowest BCUT2D eigenvalue weighted by Crippen LogP contribution is -2.34. The molecule has 3 rings (SSSR count). The van der Waals surface area contributed by atoms with Gasteiger partial charge in [0, 0.05) is 19.6 Å². The molecule has 26 heavy (non-hydrogen) atoms. The van der Waals surface area contributed by atoms with Crippen LogP contribution < -0.4 is 10.5 Å². The van der Waals surface area contributed by atoms with Crippen LogP contribution in [0.4, 0.5) is 11.5 Å². The third kappa shape index (κ3) is 3.47. The van der Waals surface area contributed by atoms with Gasteiger partial charge in [0.15, 0.2) is 0 Å². The third-order valence-corrected chi connectivity index (χ3v) is 4.77. The standard InChI is InChI=1S/C19H24N4O3/c1-13(2)12-22-14(3)20-18(17(19(22)24)23(25)26)21-10-8-15-6-4-5-7-16(15)9-11-21/h4-7,13H,8-12H2,1-3H3. The monoisotopic (exact) mass is 356 g/mol. The van der Waals surface area contributed by atoms with Crippen LogP contribution in [0.5, 0.6) is 0 Å². The molecule has 0 saturated heterocycles. The number of fused-ring (bicyclic) bond motifs is 1. The van der Waals surface area contributed by atoms with Crippen molar-refractivity contribution in [1.82, 2.24) is 9.55 Å². The van der Waals surface area contributed by atoms with Gasteiger partial charge < -0.3 is 4.90 Å². The minimum absolute atomic E-state index is 0.199. The Morgan fingerprint density at radius 1 is 1.19 bits per heavy atom. The second kappa shape index (κ2) is 7.27. The molecule has 138 valence electrons. The smallest absolute Gasteiger partial charge is 0.350 e. The number of hydrogen-bond donors (Lipinski definition) is 0. The zero-order chi connectivity index (χ0) is 18.8. The Morgan fingerprint density at radius 3 is 2.27 bits per heavy atom. The van der Waals surface area contributed by atoms with Gasteiger partial charge in [0.2, 0.25) is 5.82 Å². The summed E-state index contributed by atoms with van der Waals surface area (Å²) in [6.07, 6.45) is 1.56. The molecule has 2 heterocycles. The zero-order valence-electron chi connectivity index (χ0n) is 15.4. The SMILES string of the molecule is Cc1nc(N2CCc3ccccc3CC2)c([N+](=O)[O-])c(=O)n1CC(C)C. The van der Waals surface area contributed by atoms with Crippen LogP contribution in [0.3, 0.4) is 0 Å². The fraction of sp³-hybridized carbons (Fsp3) is 0.474. The molecule has 0 radical (unpaired) electrons. The molecule has 0 atom stereocenters. The summed E-state index contributed by atoms with van der Waals surface area (Å²) in [5, 5.41) is 11.7. The van der Waals surface area contributed by atoms with E-state index in [4.69, 9.17) is 0 Å². The van der Waals surface area contributed by atoms with Crippen LogP contribution in [0.25, 0.3) is 0 Å². The summed E-state index contributed by atoms with van der Waals surface area (Å²) >= 11 is 0. The van der Waals surface area contributed by atoms with Crippen molar-refractivity contribution in [1.29, 1.82) is 0 Å². The van der Waals surface area contributed by atoms with Crippen LogP contribution in [0.1, 0.15) is 30.8 Å². The zero-order valence-corrected chi connectivity index (χ0v) is 15.4. The van der Waals surface area contributed by atoms with Crippen LogP contribution >= 0.6 is 0 Å². The molecule has 1 aromatic carbocycles. The quantitative estimate of drug-likeness (QED) is 0.621. The number of nitrogens with zero attached hydrogens (tertiary/aromatic N) is 4. The van der Waals surface area contributed by atoms with Gasteiger partial charge in [0.05, 0.1) is 4.92 Å². The molecule has 1 aliphatic rings. The molecular weight excluding hydrogens is 332 g/mol. The fourth-order valence-corrected chi connectivity index (χ4v) is 3.48. The molecule has 0 spiro atoms. The normalized spacial score (nSPS) is 14.2. The first-order valence-corrected chi connectivity index (χ1v) is 8.96. The summed E-state index contributed by atoms with van der Waals surface area (Å²) in [6.45, 7) is 7.32. The van der Waals surface area contributed by atoms with Crippen LogP contribution in [-0.4, -0.2) is 27.6 Å². The lowest BCUT2D eigenvalue weighted by Gasteiger charge is -2.22. The molecule has 0 fully saturated rings. The fourth-order valence-electron chi connectivity index (χ4n) is 3.48. The van der Waals surface area contributed by atoms with Crippen molar-refractivity contribution >= 4 is 11.5 Å². The van der Waals surface area contributed by atoms with Gasteiger partial charge in [-0.05, 0) is 36.8 Å². The van der Waals surface area contributed by atoms with Crippen molar-refractivity contribution in [3.05, 3.63) is 61.7 Å². The Morgan fingerprint density at radius 2 is 1.77 bits per heavy atom. The van der Waals surface area contributed by atoms with E-state index in [0.717, 1.165) is 12.8 Å². The van der Waals surface area contributed by atoms with Gasteiger partial charge in [0.25, 0.3) is 0 Å². The Labute approximate surface area is 152 Å². The maximum absolute atomic E-state index is 12.8. The van der Waals surface area contributed by atoms with Crippen molar-refractivity contribution in [2.45, 2.75) is 40.2 Å². The summed E-state index contributed by atoms with van der Waals surface area (Å²) in [5.41, 5.74) is 1.53. The van der Waals surface area contributed by atoms with Gasteiger partial charge in [-0.3, -0.25) is 19.5 Å². The van der Waals surface area contributed by atoms with Gasteiger partial charge in [-0.15, -0.1) is 0 Å². The largest absolute Gasteiger partial charge is 0.376 e. The lowest BCUT2D eigenvalue weighted by atomic mass is 10.0. The lowest BCUT2D eigenvalue weighted by molar-refractivity contribution is -0.386. The molecule has 0 aliphatic carbocycles. The number of nitro groups is 1. The number of anilines is 1. The highest BCUT2D eigenvalue weighted by Crippen LogP contribution is 2.26. The highest BCUT2D eigenvalue weighted by Gasteiger charge is 2.29. The Hall–Kier alpha value is -2.70. The van der Waals surface area contributed by atoms with Crippen LogP contribution in [0, 0.1) is 23.0 Å². The van der Waals surface area contributed by atoms with Crippen molar-refractivity contribution in [3.8, 4) is 0 Å². The molecule has 1 aromatic heterocycles. The first kappa shape index (κ1) is 18.1. The average molecular weight is 356 g/mol. The molecule has 0 unspecified atom stereocenters. The second-order valence-electron chi connectivity index (χ2n) is 7.15. The summed E-state index contributed by atoms with van der Waals surface area (Å²) in [6, 6.07) is 8.19. The van der Waals surface area contributed by atoms with Gasteiger partial charge in [0.1, 0.15) is 5.82 Å². The molecule has 7 heteroatoms. The minimum Gasteiger partial charge on any atom is -0.350 e. The van der Waals surface area contributed by atoms with E-state index in [1.165, 1.54) is 15.7 Å². The minimum atomic E-state index is -0.584. The molecular formula is C19H24N4O3. The van der Waals surface area contributed by atoms with Gasteiger partial charge in [-0.1, -0.05) is 38.1 Å². The first-order valence-electron chi connectivity index (χ1n) is 8.96. The Balaban J connectivity index is 2.02. The molecule has 0 N–H and O–H groups in total. The number of aryl methyl sites for hydroxylation is 1. The molecule has 0 amide bonds. The predicted octanol–water partition coefficient (Wildman–Crippen LogP) is 2.72. The van der Waals surface area contributed by atoms with E-state index < -0.39 is 16.2 Å². The number of benzene rings is 1.